The van der Waals surface area contributed by atoms with E-state index in [1.165, 1.54) is 6.20 Å². The molecular formula is C16H13ClN4O. The normalized spacial score (nSPS) is 10.4. The summed E-state index contributed by atoms with van der Waals surface area (Å²) in [5, 5.41) is 7.40. The standard InChI is InChI=1S/C16H13ClN4O/c17-12-6-7-15(14(8-12)11-4-2-1-3-5-11)21-10-13(9-19-21)20-16(18)22/h1-10H,(H3,18,20,22). The monoisotopic (exact) mass is 312 g/mol. The fraction of sp³-hybridized carbons (Fsp3) is 0. The van der Waals surface area contributed by atoms with Gasteiger partial charge in [-0.25, -0.2) is 9.48 Å². The number of carbonyl (C=O) groups is 1. The number of nitrogens with one attached hydrogen (secondary N) is 1. The van der Waals surface area contributed by atoms with Crippen molar-refractivity contribution in [1.29, 1.82) is 0 Å². The highest BCUT2D eigenvalue weighted by Gasteiger charge is 2.10. The van der Waals surface area contributed by atoms with E-state index in [9.17, 15) is 4.79 Å². The summed E-state index contributed by atoms with van der Waals surface area (Å²) < 4.78 is 1.67. The predicted molar refractivity (Wildman–Crippen MR) is 87.2 cm³/mol. The van der Waals surface area contributed by atoms with Crippen molar-refractivity contribution >= 4 is 23.3 Å². The molecule has 2 amide bonds. The van der Waals surface area contributed by atoms with Gasteiger partial charge in [-0.15, -0.1) is 0 Å². The number of halogens is 1. The maximum atomic E-state index is 10.9. The van der Waals surface area contributed by atoms with Crippen LogP contribution in [-0.2, 0) is 0 Å². The van der Waals surface area contributed by atoms with Crippen molar-refractivity contribution < 1.29 is 4.79 Å². The molecule has 0 fully saturated rings. The molecule has 3 aromatic rings. The molecule has 0 aliphatic heterocycles. The Morgan fingerprint density at radius 2 is 1.95 bits per heavy atom. The molecule has 0 radical (unpaired) electrons. The number of hydrogen-bond acceptors (Lipinski definition) is 2. The molecule has 0 aliphatic rings. The van der Waals surface area contributed by atoms with Crippen molar-refractivity contribution in [2.24, 2.45) is 5.73 Å². The van der Waals surface area contributed by atoms with Crippen LogP contribution in [0, 0.1) is 0 Å². The first-order valence-corrected chi connectivity index (χ1v) is 6.98. The molecule has 22 heavy (non-hydrogen) atoms. The Morgan fingerprint density at radius 1 is 1.18 bits per heavy atom. The van der Waals surface area contributed by atoms with Crippen molar-refractivity contribution in [2.75, 3.05) is 5.32 Å². The van der Waals surface area contributed by atoms with E-state index in [1.54, 1.807) is 16.9 Å². The van der Waals surface area contributed by atoms with Gasteiger partial charge in [0.2, 0.25) is 0 Å². The van der Waals surface area contributed by atoms with Gasteiger partial charge in [0.25, 0.3) is 0 Å². The van der Waals surface area contributed by atoms with Gasteiger partial charge in [0.05, 0.1) is 23.8 Å². The Balaban J connectivity index is 2.07. The van der Waals surface area contributed by atoms with Gasteiger partial charge in [0.15, 0.2) is 0 Å². The van der Waals surface area contributed by atoms with Gasteiger partial charge in [-0.2, -0.15) is 5.10 Å². The summed E-state index contributed by atoms with van der Waals surface area (Å²) in [5.41, 5.74) is 8.47. The van der Waals surface area contributed by atoms with Crippen LogP contribution in [0.3, 0.4) is 0 Å². The van der Waals surface area contributed by atoms with Crippen LogP contribution in [0.5, 0.6) is 0 Å². The summed E-state index contributed by atoms with van der Waals surface area (Å²) in [5.74, 6) is 0. The van der Waals surface area contributed by atoms with Gasteiger partial charge < -0.3 is 11.1 Å². The lowest BCUT2D eigenvalue weighted by molar-refractivity contribution is 0.259. The lowest BCUT2D eigenvalue weighted by Gasteiger charge is -2.10. The Kier molecular flexibility index (Phi) is 3.80. The highest BCUT2D eigenvalue weighted by molar-refractivity contribution is 6.31. The van der Waals surface area contributed by atoms with Gasteiger partial charge in [0.1, 0.15) is 0 Å². The van der Waals surface area contributed by atoms with E-state index >= 15 is 0 Å². The van der Waals surface area contributed by atoms with E-state index in [1.807, 2.05) is 42.5 Å². The zero-order valence-electron chi connectivity index (χ0n) is 11.5. The zero-order chi connectivity index (χ0) is 15.5. The Morgan fingerprint density at radius 3 is 2.68 bits per heavy atom. The smallest absolute Gasteiger partial charge is 0.316 e. The number of anilines is 1. The second-order valence-electron chi connectivity index (χ2n) is 4.69. The molecule has 6 heteroatoms. The van der Waals surface area contributed by atoms with Crippen LogP contribution in [0.4, 0.5) is 10.5 Å². The molecule has 0 saturated carbocycles. The van der Waals surface area contributed by atoms with Crippen LogP contribution in [0.1, 0.15) is 0 Å². The SMILES string of the molecule is NC(=O)Nc1cnn(-c2ccc(Cl)cc2-c2ccccc2)c1. The molecule has 3 N–H and O–H groups in total. The van der Waals surface area contributed by atoms with Crippen molar-refractivity contribution in [3.8, 4) is 16.8 Å². The first kappa shape index (κ1) is 14.2. The van der Waals surface area contributed by atoms with E-state index in [4.69, 9.17) is 17.3 Å². The second kappa shape index (κ2) is 5.91. The minimum Gasteiger partial charge on any atom is -0.351 e. The fourth-order valence-corrected chi connectivity index (χ4v) is 2.39. The first-order chi connectivity index (χ1) is 10.6. The summed E-state index contributed by atoms with van der Waals surface area (Å²) >= 11 is 6.13. The topological polar surface area (TPSA) is 72.9 Å². The van der Waals surface area contributed by atoms with E-state index in [0.29, 0.717) is 10.7 Å². The molecule has 110 valence electrons. The lowest BCUT2D eigenvalue weighted by Crippen LogP contribution is -2.18. The van der Waals surface area contributed by atoms with E-state index in [0.717, 1.165) is 16.8 Å². The van der Waals surface area contributed by atoms with Gasteiger partial charge in [-0.3, -0.25) is 0 Å². The predicted octanol–water partition coefficient (Wildman–Crippen LogP) is 3.68. The average molecular weight is 313 g/mol. The van der Waals surface area contributed by atoms with Gasteiger partial charge in [0, 0.05) is 10.6 Å². The Bertz CT molecular complexity index is 814. The van der Waals surface area contributed by atoms with Crippen LogP contribution in [0.15, 0.2) is 60.9 Å². The van der Waals surface area contributed by atoms with E-state index in [-0.39, 0.29) is 0 Å². The summed E-state index contributed by atoms with van der Waals surface area (Å²) in [6.07, 6.45) is 3.23. The molecule has 3 rings (SSSR count). The Hall–Kier alpha value is -2.79. The van der Waals surface area contributed by atoms with Gasteiger partial charge in [-0.05, 0) is 23.8 Å². The zero-order valence-corrected chi connectivity index (χ0v) is 12.3. The molecule has 0 aliphatic carbocycles. The number of nitrogens with two attached hydrogens (primary N) is 1. The number of aromatic nitrogens is 2. The number of primary amides is 1. The first-order valence-electron chi connectivity index (χ1n) is 6.60. The summed E-state index contributed by atoms with van der Waals surface area (Å²) in [7, 11) is 0. The van der Waals surface area contributed by atoms with Crippen LogP contribution in [0.2, 0.25) is 5.02 Å². The van der Waals surface area contributed by atoms with E-state index < -0.39 is 6.03 Å². The van der Waals surface area contributed by atoms with Crippen molar-refractivity contribution in [2.45, 2.75) is 0 Å². The van der Waals surface area contributed by atoms with Crippen LogP contribution >= 0.6 is 11.6 Å². The highest BCUT2D eigenvalue weighted by atomic mass is 35.5. The largest absolute Gasteiger partial charge is 0.351 e. The minimum atomic E-state index is -0.626. The number of nitrogens with zero attached hydrogens (tertiary/aromatic N) is 2. The molecule has 0 saturated heterocycles. The maximum absolute atomic E-state index is 10.9. The number of urea groups is 1. The maximum Gasteiger partial charge on any atom is 0.316 e. The third-order valence-electron chi connectivity index (χ3n) is 3.14. The molecule has 1 heterocycles. The van der Waals surface area contributed by atoms with Crippen molar-refractivity contribution in [3.05, 3.63) is 65.9 Å². The van der Waals surface area contributed by atoms with Crippen LogP contribution in [0.25, 0.3) is 16.8 Å². The van der Waals surface area contributed by atoms with Crippen LogP contribution < -0.4 is 11.1 Å². The third kappa shape index (κ3) is 2.94. The summed E-state index contributed by atoms with van der Waals surface area (Å²) in [6.45, 7) is 0. The van der Waals surface area contributed by atoms with Crippen molar-refractivity contribution in [1.82, 2.24) is 9.78 Å². The average Bonchev–Trinajstić information content (AvgIpc) is 2.95. The molecule has 0 spiro atoms. The molecule has 0 unspecified atom stereocenters. The van der Waals surface area contributed by atoms with Gasteiger partial charge in [-0.1, -0.05) is 41.9 Å². The molecule has 1 aromatic heterocycles. The summed E-state index contributed by atoms with van der Waals surface area (Å²) in [6, 6.07) is 14.8. The number of carbonyl (C=O) groups excluding carboxylic acids is 1. The van der Waals surface area contributed by atoms with Gasteiger partial charge >= 0.3 is 6.03 Å². The Labute approximate surface area is 132 Å². The molecular weight excluding hydrogens is 300 g/mol. The van der Waals surface area contributed by atoms with E-state index in [2.05, 4.69) is 10.4 Å². The van der Waals surface area contributed by atoms with Crippen LogP contribution in [-0.4, -0.2) is 15.8 Å². The lowest BCUT2D eigenvalue weighted by atomic mass is 10.0. The number of hydrogen-bond donors (Lipinski definition) is 2. The highest BCUT2D eigenvalue weighted by Crippen LogP contribution is 2.29. The third-order valence-corrected chi connectivity index (χ3v) is 3.38. The number of benzene rings is 2. The second-order valence-corrected chi connectivity index (χ2v) is 5.13. The molecule has 0 bridgehead atoms. The molecule has 0 atom stereocenters. The molecule has 5 nitrogen and oxygen atoms in total. The number of rotatable bonds is 3. The fourth-order valence-electron chi connectivity index (χ4n) is 2.22. The van der Waals surface area contributed by atoms with Crippen molar-refractivity contribution in [3.63, 3.8) is 0 Å². The molecule has 2 aromatic carbocycles. The minimum absolute atomic E-state index is 0.529. The quantitative estimate of drug-likeness (QED) is 0.774. The summed E-state index contributed by atoms with van der Waals surface area (Å²) in [4.78, 5) is 10.9. The number of amides is 2.